The summed E-state index contributed by atoms with van der Waals surface area (Å²) in [5.74, 6) is 2.84. The quantitative estimate of drug-likeness (QED) is 0.850. The first-order valence-corrected chi connectivity index (χ1v) is 7.09. The highest BCUT2D eigenvalue weighted by Gasteiger charge is 2.21. The van der Waals surface area contributed by atoms with Gasteiger partial charge in [-0.25, -0.2) is 0 Å². The van der Waals surface area contributed by atoms with Gasteiger partial charge in [0.25, 0.3) is 0 Å². The number of benzene rings is 1. The van der Waals surface area contributed by atoms with Gasteiger partial charge in [0.1, 0.15) is 6.54 Å². The van der Waals surface area contributed by atoms with Crippen molar-refractivity contribution in [3.05, 3.63) is 29.8 Å². The van der Waals surface area contributed by atoms with Crippen molar-refractivity contribution in [3.63, 3.8) is 0 Å². The summed E-state index contributed by atoms with van der Waals surface area (Å²) in [5.41, 5.74) is 1.32. The maximum Gasteiger partial charge on any atom is 0.244 e. The second-order valence-corrected chi connectivity index (χ2v) is 5.39. The van der Waals surface area contributed by atoms with Crippen molar-refractivity contribution in [1.82, 2.24) is 25.5 Å². The number of aromatic nitrogens is 4. The topological polar surface area (TPSA) is 72.7 Å². The average molecular weight is 297 g/mol. The van der Waals surface area contributed by atoms with Gasteiger partial charge in [-0.2, -0.15) is 4.80 Å². The molecule has 6 heteroatoms. The van der Waals surface area contributed by atoms with Crippen LogP contribution < -0.4 is 5.32 Å². The minimum atomic E-state index is -0.656. The van der Waals surface area contributed by atoms with Crippen molar-refractivity contribution in [2.45, 2.75) is 39.3 Å². The monoisotopic (exact) mass is 297 g/mol. The third-order valence-corrected chi connectivity index (χ3v) is 3.46. The van der Waals surface area contributed by atoms with E-state index in [-0.39, 0.29) is 12.5 Å². The van der Waals surface area contributed by atoms with Crippen molar-refractivity contribution in [1.29, 1.82) is 0 Å². The van der Waals surface area contributed by atoms with Gasteiger partial charge in [-0.3, -0.25) is 4.79 Å². The fraction of sp³-hybridized carbons (Fsp3) is 0.375. The summed E-state index contributed by atoms with van der Waals surface area (Å²) in [7, 11) is 0. The van der Waals surface area contributed by atoms with Crippen LogP contribution in [-0.4, -0.2) is 31.7 Å². The highest BCUT2D eigenvalue weighted by atomic mass is 16.2. The van der Waals surface area contributed by atoms with Crippen molar-refractivity contribution in [3.8, 4) is 23.7 Å². The van der Waals surface area contributed by atoms with Crippen LogP contribution in [0.1, 0.15) is 25.8 Å². The van der Waals surface area contributed by atoms with Gasteiger partial charge in [-0.15, -0.1) is 16.6 Å². The summed E-state index contributed by atoms with van der Waals surface area (Å²) in [6.45, 7) is 5.70. The zero-order chi connectivity index (χ0) is 16.2. The number of nitrogens with one attached hydrogen (secondary N) is 1. The Morgan fingerprint density at radius 2 is 2.27 bits per heavy atom. The lowest BCUT2D eigenvalue weighted by Crippen LogP contribution is -2.45. The molecule has 114 valence electrons. The molecule has 0 aliphatic heterocycles. The first kappa shape index (κ1) is 15.7. The van der Waals surface area contributed by atoms with Crippen LogP contribution in [0.2, 0.25) is 0 Å². The standard InChI is InChI=1S/C16H19N5O/c1-5-16(4,6-2)17-14(22)11-21-19-15(18-20-21)13-9-7-8-12(3)10-13/h1,7-10H,6,11H2,2-4H3,(H,17,22)/t16-/m1/s1. The molecule has 1 heterocycles. The summed E-state index contributed by atoms with van der Waals surface area (Å²) in [4.78, 5) is 13.3. The Kier molecular flexibility index (Phi) is 4.56. The molecule has 0 radical (unpaired) electrons. The second-order valence-electron chi connectivity index (χ2n) is 5.39. The molecule has 1 N–H and O–H groups in total. The third kappa shape index (κ3) is 3.70. The van der Waals surface area contributed by atoms with E-state index < -0.39 is 5.54 Å². The third-order valence-electron chi connectivity index (χ3n) is 3.46. The number of rotatable bonds is 5. The lowest BCUT2D eigenvalue weighted by Gasteiger charge is -2.22. The highest BCUT2D eigenvalue weighted by Crippen LogP contribution is 2.14. The lowest BCUT2D eigenvalue weighted by molar-refractivity contribution is -0.123. The zero-order valence-corrected chi connectivity index (χ0v) is 13.0. The van der Waals surface area contributed by atoms with Crippen LogP contribution in [0.4, 0.5) is 0 Å². The van der Waals surface area contributed by atoms with Crippen LogP contribution in [0.5, 0.6) is 0 Å². The molecule has 2 aromatic rings. The lowest BCUT2D eigenvalue weighted by atomic mass is 10.0. The molecular formula is C16H19N5O. The van der Waals surface area contributed by atoms with E-state index in [1.54, 1.807) is 6.92 Å². The Balaban J connectivity index is 2.07. The van der Waals surface area contributed by atoms with E-state index in [4.69, 9.17) is 6.42 Å². The number of hydrogen-bond acceptors (Lipinski definition) is 4. The van der Waals surface area contributed by atoms with Gasteiger partial charge < -0.3 is 5.32 Å². The first-order chi connectivity index (χ1) is 10.5. The SMILES string of the molecule is C#C[C@](C)(CC)NC(=O)Cn1nnc(-c2cccc(C)c2)n1. The minimum Gasteiger partial charge on any atom is -0.338 e. The van der Waals surface area contributed by atoms with Crippen molar-refractivity contribution in [2.75, 3.05) is 0 Å². The van der Waals surface area contributed by atoms with E-state index in [1.807, 2.05) is 38.1 Å². The summed E-state index contributed by atoms with van der Waals surface area (Å²) in [5, 5.41) is 14.9. The summed E-state index contributed by atoms with van der Waals surface area (Å²) in [6.07, 6.45) is 6.09. The smallest absolute Gasteiger partial charge is 0.244 e. The summed E-state index contributed by atoms with van der Waals surface area (Å²) in [6, 6.07) is 7.79. The van der Waals surface area contributed by atoms with E-state index in [1.165, 1.54) is 4.80 Å². The molecule has 0 aliphatic rings. The molecule has 0 saturated carbocycles. The Hall–Kier alpha value is -2.68. The van der Waals surface area contributed by atoms with E-state index >= 15 is 0 Å². The predicted octanol–water partition coefficient (Wildman–Crippen LogP) is 1.57. The number of nitrogens with zero attached hydrogens (tertiary/aromatic N) is 4. The first-order valence-electron chi connectivity index (χ1n) is 7.09. The van der Waals surface area contributed by atoms with Gasteiger partial charge >= 0.3 is 0 Å². The van der Waals surface area contributed by atoms with Crippen LogP contribution in [0.15, 0.2) is 24.3 Å². The molecule has 0 unspecified atom stereocenters. The highest BCUT2D eigenvalue weighted by molar-refractivity contribution is 5.77. The van der Waals surface area contributed by atoms with Gasteiger partial charge in [-0.05, 0) is 31.5 Å². The molecule has 1 atom stereocenters. The van der Waals surface area contributed by atoms with Gasteiger partial charge in [0.2, 0.25) is 11.7 Å². The number of amides is 1. The Bertz CT molecular complexity index is 715. The fourth-order valence-corrected chi connectivity index (χ4v) is 1.91. The van der Waals surface area contributed by atoms with E-state index in [9.17, 15) is 4.79 Å². The van der Waals surface area contributed by atoms with E-state index in [0.717, 1.165) is 11.1 Å². The van der Waals surface area contributed by atoms with Crippen LogP contribution >= 0.6 is 0 Å². The van der Waals surface area contributed by atoms with Crippen LogP contribution in [-0.2, 0) is 11.3 Å². The molecule has 0 saturated heterocycles. The molecule has 0 aliphatic carbocycles. The predicted molar refractivity (Wildman–Crippen MR) is 83.7 cm³/mol. The minimum absolute atomic E-state index is 0.0178. The number of aryl methyl sites for hydroxylation is 1. The van der Waals surface area contributed by atoms with Gasteiger partial charge in [0, 0.05) is 5.56 Å². The summed E-state index contributed by atoms with van der Waals surface area (Å²) >= 11 is 0. The molecule has 1 amide bonds. The number of carbonyl (C=O) groups excluding carboxylic acids is 1. The Morgan fingerprint density at radius 3 is 2.91 bits per heavy atom. The van der Waals surface area contributed by atoms with Crippen molar-refractivity contribution >= 4 is 5.91 Å². The molecule has 1 aromatic heterocycles. The maximum absolute atomic E-state index is 12.0. The van der Waals surface area contributed by atoms with Crippen molar-refractivity contribution < 1.29 is 4.79 Å². The molecule has 1 aromatic carbocycles. The Labute approximate surface area is 129 Å². The molecule has 22 heavy (non-hydrogen) atoms. The number of carbonyl (C=O) groups is 1. The second kappa shape index (κ2) is 6.39. The number of tetrazole rings is 1. The normalized spacial score (nSPS) is 13.2. The van der Waals surface area contributed by atoms with Crippen LogP contribution in [0.25, 0.3) is 11.4 Å². The van der Waals surface area contributed by atoms with Crippen LogP contribution in [0, 0.1) is 19.3 Å². The van der Waals surface area contributed by atoms with Crippen molar-refractivity contribution in [2.24, 2.45) is 0 Å². The Morgan fingerprint density at radius 1 is 1.50 bits per heavy atom. The maximum atomic E-state index is 12.0. The van der Waals surface area contributed by atoms with Gasteiger partial charge in [0.05, 0.1) is 5.54 Å². The molecule has 0 bridgehead atoms. The number of terminal acetylenes is 1. The van der Waals surface area contributed by atoms with Crippen LogP contribution in [0.3, 0.4) is 0 Å². The van der Waals surface area contributed by atoms with E-state index in [2.05, 4.69) is 26.6 Å². The molecule has 0 spiro atoms. The number of hydrogen-bond donors (Lipinski definition) is 1. The largest absolute Gasteiger partial charge is 0.338 e. The fourth-order valence-electron chi connectivity index (χ4n) is 1.91. The van der Waals surface area contributed by atoms with Gasteiger partial charge in [0.15, 0.2) is 0 Å². The summed E-state index contributed by atoms with van der Waals surface area (Å²) < 4.78 is 0. The van der Waals surface area contributed by atoms with Gasteiger partial charge in [-0.1, -0.05) is 36.6 Å². The molecular weight excluding hydrogens is 278 g/mol. The molecule has 6 nitrogen and oxygen atoms in total. The molecule has 0 fully saturated rings. The van der Waals surface area contributed by atoms with E-state index in [0.29, 0.717) is 12.2 Å². The average Bonchev–Trinajstić information content (AvgIpc) is 2.95. The molecule has 2 rings (SSSR count). The zero-order valence-electron chi connectivity index (χ0n) is 13.0.